The van der Waals surface area contributed by atoms with E-state index in [-0.39, 0.29) is 5.82 Å². The van der Waals surface area contributed by atoms with Crippen LogP contribution in [0.2, 0.25) is 0 Å². The lowest BCUT2D eigenvalue weighted by molar-refractivity contribution is 0.191. The van der Waals surface area contributed by atoms with Gasteiger partial charge in [0.2, 0.25) is 0 Å². The zero-order valence-electron chi connectivity index (χ0n) is 9.61. The van der Waals surface area contributed by atoms with Crippen LogP contribution in [0.5, 0.6) is 0 Å². The zero-order chi connectivity index (χ0) is 13.0. The van der Waals surface area contributed by atoms with Crippen LogP contribution in [-0.2, 0) is 0 Å². The predicted molar refractivity (Wildman–Crippen MR) is 74.0 cm³/mol. The molecule has 0 aliphatic carbocycles. The van der Waals surface area contributed by atoms with Crippen molar-refractivity contribution in [2.24, 2.45) is 0 Å². The van der Waals surface area contributed by atoms with Gasteiger partial charge in [-0.1, -0.05) is 28.1 Å². The van der Waals surface area contributed by atoms with Crippen molar-refractivity contribution in [1.82, 2.24) is 0 Å². The molecular weight excluding hydrogens is 297 g/mol. The number of aliphatic hydroxyl groups excluding tert-OH is 1. The van der Waals surface area contributed by atoms with Crippen LogP contribution in [-0.4, -0.2) is 11.7 Å². The summed E-state index contributed by atoms with van der Waals surface area (Å²) in [4.78, 5) is 0. The fourth-order valence-electron chi connectivity index (χ4n) is 1.59. The molecule has 94 valence electrons. The van der Waals surface area contributed by atoms with Crippen molar-refractivity contribution < 1.29 is 9.50 Å². The third-order valence-corrected chi connectivity index (χ3v) is 3.13. The Morgan fingerprint density at radius 3 is 2.28 bits per heavy atom. The van der Waals surface area contributed by atoms with E-state index in [1.807, 2.05) is 24.3 Å². The number of anilines is 1. The summed E-state index contributed by atoms with van der Waals surface area (Å²) in [5, 5.41) is 13.1. The Morgan fingerprint density at radius 1 is 1.06 bits per heavy atom. The van der Waals surface area contributed by atoms with Crippen LogP contribution in [0.4, 0.5) is 10.1 Å². The Bertz CT molecular complexity index is 498. The highest BCUT2D eigenvalue weighted by Crippen LogP contribution is 2.17. The summed E-state index contributed by atoms with van der Waals surface area (Å²) < 4.78 is 13.7. The van der Waals surface area contributed by atoms with Crippen molar-refractivity contribution in [3.63, 3.8) is 0 Å². The van der Waals surface area contributed by atoms with Crippen molar-refractivity contribution in [2.75, 3.05) is 11.9 Å². The van der Waals surface area contributed by atoms with E-state index in [4.69, 9.17) is 0 Å². The summed E-state index contributed by atoms with van der Waals surface area (Å²) in [6, 6.07) is 13.5. The van der Waals surface area contributed by atoms with Gasteiger partial charge in [-0.25, -0.2) is 4.39 Å². The molecule has 4 heteroatoms. The second kappa shape index (κ2) is 5.98. The molecule has 0 bridgehead atoms. The zero-order valence-corrected chi connectivity index (χ0v) is 11.2. The van der Waals surface area contributed by atoms with Crippen molar-refractivity contribution in [3.8, 4) is 0 Å². The third-order valence-electron chi connectivity index (χ3n) is 2.60. The minimum atomic E-state index is -0.658. The van der Waals surface area contributed by atoms with E-state index < -0.39 is 6.10 Å². The van der Waals surface area contributed by atoms with Crippen molar-refractivity contribution >= 4 is 21.6 Å². The molecule has 2 nitrogen and oxygen atoms in total. The molecule has 0 fully saturated rings. The lowest BCUT2D eigenvalue weighted by Gasteiger charge is -2.13. The third kappa shape index (κ3) is 3.55. The number of halogens is 2. The largest absolute Gasteiger partial charge is 0.387 e. The SMILES string of the molecule is OC(CNc1ccc(Br)cc1)c1ccc(F)cc1. The number of rotatable bonds is 4. The number of nitrogens with one attached hydrogen (secondary N) is 1. The molecular formula is C14H13BrFNO. The standard InChI is InChI=1S/C14H13BrFNO/c15-11-3-7-13(8-4-11)17-9-14(18)10-1-5-12(16)6-2-10/h1-8,14,17-18H,9H2. The van der Waals surface area contributed by atoms with Gasteiger partial charge in [0, 0.05) is 16.7 Å². The monoisotopic (exact) mass is 309 g/mol. The van der Waals surface area contributed by atoms with Gasteiger partial charge in [0.25, 0.3) is 0 Å². The molecule has 0 radical (unpaired) electrons. The first-order valence-electron chi connectivity index (χ1n) is 5.58. The number of hydrogen-bond acceptors (Lipinski definition) is 2. The smallest absolute Gasteiger partial charge is 0.123 e. The molecule has 18 heavy (non-hydrogen) atoms. The fourth-order valence-corrected chi connectivity index (χ4v) is 1.85. The van der Waals surface area contributed by atoms with Crippen molar-refractivity contribution in [2.45, 2.75) is 6.10 Å². The van der Waals surface area contributed by atoms with Gasteiger partial charge in [0.1, 0.15) is 5.82 Å². The lowest BCUT2D eigenvalue weighted by Crippen LogP contribution is -2.12. The average molecular weight is 310 g/mol. The van der Waals surface area contributed by atoms with Crippen molar-refractivity contribution in [1.29, 1.82) is 0 Å². The Hall–Kier alpha value is -1.39. The van der Waals surface area contributed by atoms with Crippen LogP contribution >= 0.6 is 15.9 Å². The maximum atomic E-state index is 12.7. The molecule has 0 spiro atoms. The summed E-state index contributed by atoms with van der Waals surface area (Å²) >= 11 is 3.36. The maximum absolute atomic E-state index is 12.7. The van der Waals surface area contributed by atoms with Gasteiger partial charge in [-0.3, -0.25) is 0 Å². The van der Waals surface area contributed by atoms with Crippen LogP contribution in [0.3, 0.4) is 0 Å². The highest BCUT2D eigenvalue weighted by molar-refractivity contribution is 9.10. The topological polar surface area (TPSA) is 32.3 Å². The van der Waals surface area contributed by atoms with Gasteiger partial charge in [-0.05, 0) is 42.0 Å². The van der Waals surface area contributed by atoms with E-state index in [2.05, 4.69) is 21.2 Å². The molecule has 0 aliphatic rings. The number of aliphatic hydroxyl groups is 1. The maximum Gasteiger partial charge on any atom is 0.123 e. The first-order valence-corrected chi connectivity index (χ1v) is 6.37. The van der Waals surface area contributed by atoms with E-state index in [9.17, 15) is 9.50 Å². The van der Waals surface area contributed by atoms with E-state index in [1.165, 1.54) is 12.1 Å². The second-order valence-electron chi connectivity index (χ2n) is 3.96. The van der Waals surface area contributed by atoms with Crippen LogP contribution in [0.15, 0.2) is 53.0 Å². The van der Waals surface area contributed by atoms with E-state index in [0.717, 1.165) is 10.2 Å². The highest BCUT2D eigenvalue weighted by Gasteiger charge is 2.07. The van der Waals surface area contributed by atoms with E-state index >= 15 is 0 Å². The summed E-state index contributed by atoms with van der Waals surface area (Å²) in [5.74, 6) is -0.299. The molecule has 2 aromatic rings. The van der Waals surface area contributed by atoms with Gasteiger partial charge in [-0.2, -0.15) is 0 Å². The molecule has 0 heterocycles. The Kier molecular flexibility index (Phi) is 4.33. The molecule has 2 aromatic carbocycles. The summed E-state index contributed by atoms with van der Waals surface area (Å²) in [6.45, 7) is 0.382. The molecule has 1 unspecified atom stereocenters. The van der Waals surface area contributed by atoms with Gasteiger partial charge in [-0.15, -0.1) is 0 Å². The summed E-state index contributed by atoms with van der Waals surface area (Å²) in [7, 11) is 0. The first-order chi connectivity index (χ1) is 8.65. The molecule has 0 saturated heterocycles. The quantitative estimate of drug-likeness (QED) is 0.902. The molecule has 0 saturated carbocycles. The van der Waals surface area contributed by atoms with E-state index in [1.54, 1.807) is 12.1 Å². The predicted octanol–water partition coefficient (Wildman–Crippen LogP) is 3.73. The Balaban J connectivity index is 1.93. The molecule has 0 aliphatic heterocycles. The van der Waals surface area contributed by atoms with Gasteiger partial charge in [0.15, 0.2) is 0 Å². The van der Waals surface area contributed by atoms with Gasteiger partial charge < -0.3 is 10.4 Å². The van der Waals surface area contributed by atoms with Gasteiger partial charge >= 0.3 is 0 Å². The van der Waals surface area contributed by atoms with Crippen LogP contribution in [0.1, 0.15) is 11.7 Å². The fraction of sp³-hybridized carbons (Fsp3) is 0.143. The van der Waals surface area contributed by atoms with Crippen LogP contribution in [0, 0.1) is 5.82 Å². The number of benzene rings is 2. The van der Waals surface area contributed by atoms with Crippen LogP contribution in [0.25, 0.3) is 0 Å². The molecule has 0 amide bonds. The number of hydrogen-bond donors (Lipinski definition) is 2. The van der Waals surface area contributed by atoms with Gasteiger partial charge in [0.05, 0.1) is 6.10 Å². The Labute approximate surface area is 114 Å². The minimum Gasteiger partial charge on any atom is -0.387 e. The summed E-state index contributed by atoms with van der Waals surface area (Å²) in [6.07, 6.45) is -0.658. The molecule has 0 aromatic heterocycles. The van der Waals surface area contributed by atoms with Crippen molar-refractivity contribution in [3.05, 3.63) is 64.4 Å². The van der Waals surface area contributed by atoms with E-state index in [0.29, 0.717) is 12.1 Å². The Morgan fingerprint density at radius 2 is 1.67 bits per heavy atom. The first kappa shape index (κ1) is 13.1. The van der Waals surface area contributed by atoms with Crippen LogP contribution < -0.4 is 5.32 Å². The summed E-state index contributed by atoms with van der Waals surface area (Å²) in [5.41, 5.74) is 1.63. The lowest BCUT2D eigenvalue weighted by atomic mass is 10.1. The highest BCUT2D eigenvalue weighted by atomic mass is 79.9. The minimum absolute atomic E-state index is 0.299. The second-order valence-corrected chi connectivity index (χ2v) is 4.87. The average Bonchev–Trinajstić information content (AvgIpc) is 2.38. The molecule has 2 N–H and O–H groups in total. The molecule has 2 rings (SSSR count). The molecule has 1 atom stereocenters. The normalized spacial score (nSPS) is 12.2.